The average molecular weight is 244 g/mol. The zero-order valence-electron chi connectivity index (χ0n) is 7.78. The van der Waals surface area contributed by atoms with Crippen molar-refractivity contribution in [2.24, 2.45) is 11.1 Å². The van der Waals surface area contributed by atoms with Crippen LogP contribution in [0.25, 0.3) is 10.4 Å². The number of azide groups is 1. The molecule has 2 unspecified atom stereocenters. The van der Waals surface area contributed by atoms with Crippen molar-refractivity contribution in [2.75, 3.05) is 0 Å². The Balaban J connectivity index is 3.20. The van der Waals surface area contributed by atoms with E-state index in [9.17, 15) is 14.9 Å². The maximum atomic E-state index is 11.1. The summed E-state index contributed by atoms with van der Waals surface area (Å²) < 4.78 is 0. The van der Waals surface area contributed by atoms with Gasteiger partial charge in [-0.2, -0.15) is 10.3 Å². The number of nitrogens with one attached hydrogen (secondary N) is 1. The van der Waals surface area contributed by atoms with Gasteiger partial charge in [0, 0.05) is 6.08 Å². The Labute approximate surface area is 94.3 Å². The number of carbonyl (C=O) groups is 1. The van der Waals surface area contributed by atoms with Crippen molar-refractivity contribution in [3.63, 3.8) is 0 Å². The zero-order valence-corrected chi connectivity index (χ0v) is 8.53. The lowest BCUT2D eigenvalue weighted by Gasteiger charge is -2.23. The van der Waals surface area contributed by atoms with Crippen LogP contribution in [-0.4, -0.2) is 15.8 Å². The molecule has 0 fully saturated rings. The first kappa shape index (κ1) is 12.0. The Morgan fingerprint density at radius 3 is 2.88 bits per heavy atom. The SMILES string of the molecule is [N-]=[N+]=NNC1([N+](=O)[O-])C=CC=CC1C(=O)Cl. The lowest BCUT2D eigenvalue weighted by atomic mass is 9.90. The summed E-state index contributed by atoms with van der Waals surface area (Å²) in [5.41, 5.74) is 8.08. The van der Waals surface area contributed by atoms with Crippen LogP contribution in [0.15, 0.2) is 29.5 Å². The topological polar surface area (TPSA) is 121 Å². The molecule has 9 heteroatoms. The maximum Gasteiger partial charge on any atom is 0.390 e. The second-order valence-corrected chi connectivity index (χ2v) is 3.28. The summed E-state index contributed by atoms with van der Waals surface area (Å²) in [6.07, 6.45) is 5.17. The number of rotatable bonds is 4. The van der Waals surface area contributed by atoms with E-state index >= 15 is 0 Å². The molecule has 0 saturated heterocycles. The molecule has 0 aromatic heterocycles. The minimum atomic E-state index is -2.03. The van der Waals surface area contributed by atoms with Crippen LogP contribution in [0, 0.1) is 16.0 Å². The molecule has 1 aliphatic carbocycles. The number of nitrogens with zero attached hydrogens (tertiary/aromatic N) is 4. The first-order valence-corrected chi connectivity index (χ1v) is 4.43. The third-order valence-corrected chi connectivity index (χ3v) is 2.29. The van der Waals surface area contributed by atoms with E-state index in [4.69, 9.17) is 17.1 Å². The summed E-state index contributed by atoms with van der Waals surface area (Å²) in [5, 5.41) is 13.0. The first-order chi connectivity index (χ1) is 7.54. The van der Waals surface area contributed by atoms with Crippen LogP contribution in [0.3, 0.4) is 0 Å². The van der Waals surface area contributed by atoms with Crippen molar-refractivity contribution >= 4 is 16.8 Å². The number of carbonyl (C=O) groups excluding carboxylic acids is 1. The van der Waals surface area contributed by atoms with E-state index in [-0.39, 0.29) is 0 Å². The van der Waals surface area contributed by atoms with Gasteiger partial charge in [-0.3, -0.25) is 14.9 Å². The second kappa shape index (κ2) is 4.65. The van der Waals surface area contributed by atoms with Gasteiger partial charge in [0.2, 0.25) is 5.24 Å². The van der Waals surface area contributed by atoms with E-state index < -0.39 is 21.7 Å². The Bertz CT molecular complexity index is 428. The molecule has 0 heterocycles. The number of hydrogen-bond donors (Lipinski definition) is 1. The van der Waals surface area contributed by atoms with Gasteiger partial charge in [-0.1, -0.05) is 18.2 Å². The largest absolute Gasteiger partial charge is 0.390 e. The lowest BCUT2D eigenvalue weighted by Crippen LogP contribution is -2.55. The molecule has 1 rings (SSSR count). The minimum Gasteiger partial charge on any atom is -0.280 e. The summed E-state index contributed by atoms with van der Waals surface area (Å²) in [6.45, 7) is 0. The Hall–Kier alpha value is -2.05. The van der Waals surface area contributed by atoms with Gasteiger partial charge in [-0.25, -0.2) is 0 Å². The van der Waals surface area contributed by atoms with Crippen molar-refractivity contribution in [1.29, 1.82) is 0 Å². The monoisotopic (exact) mass is 243 g/mol. The Morgan fingerprint density at radius 2 is 2.38 bits per heavy atom. The summed E-state index contributed by atoms with van der Waals surface area (Å²) >= 11 is 5.26. The normalized spacial score (nSPS) is 26.9. The summed E-state index contributed by atoms with van der Waals surface area (Å²) in [5.74, 6) is -1.24. The van der Waals surface area contributed by atoms with Crippen LogP contribution < -0.4 is 5.43 Å². The van der Waals surface area contributed by atoms with Crippen molar-refractivity contribution < 1.29 is 9.72 Å². The van der Waals surface area contributed by atoms with E-state index in [0.717, 1.165) is 6.08 Å². The molecule has 2 atom stereocenters. The Morgan fingerprint density at radius 1 is 1.69 bits per heavy atom. The molecule has 0 aromatic rings. The highest BCUT2D eigenvalue weighted by molar-refractivity contribution is 6.64. The molecule has 0 amide bonds. The molecule has 0 aliphatic heterocycles. The van der Waals surface area contributed by atoms with Crippen molar-refractivity contribution in [1.82, 2.24) is 5.43 Å². The first-order valence-electron chi connectivity index (χ1n) is 4.05. The molecular weight excluding hydrogens is 238 g/mol. The van der Waals surface area contributed by atoms with Crippen molar-refractivity contribution in [3.8, 4) is 0 Å². The van der Waals surface area contributed by atoms with Crippen LogP contribution in [0.1, 0.15) is 0 Å². The fourth-order valence-electron chi connectivity index (χ4n) is 1.30. The van der Waals surface area contributed by atoms with Crippen LogP contribution >= 0.6 is 11.6 Å². The summed E-state index contributed by atoms with van der Waals surface area (Å²) in [6, 6.07) is 0. The third-order valence-electron chi connectivity index (χ3n) is 2.06. The lowest BCUT2D eigenvalue weighted by molar-refractivity contribution is -0.568. The highest BCUT2D eigenvalue weighted by Gasteiger charge is 2.54. The van der Waals surface area contributed by atoms with E-state index in [1.54, 1.807) is 0 Å². The highest BCUT2D eigenvalue weighted by Crippen LogP contribution is 2.27. The minimum absolute atomic E-state index is 0.771. The molecule has 0 aromatic carbocycles. The molecule has 0 radical (unpaired) electrons. The second-order valence-electron chi connectivity index (χ2n) is 2.91. The van der Waals surface area contributed by atoms with E-state index in [1.165, 1.54) is 18.2 Å². The van der Waals surface area contributed by atoms with Gasteiger partial charge in [0.1, 0.15) is 0 Å². The van der Waals surface area contributed by atoms with Crippen LogP contribution in [0.4, 0.5) is 0 Å². The van der Waals surface area contributed by atoms with Gasteiger partial charge >= 0.3 is 5.66 Å². The quantitative estimate of drug-likeness (QED) is 0.152. The molecular formula is C7H6ClN5O3. The summed E-state index contributed by atoms with van der Waals surface area (Å²) in [7, 11) is 0. The van der Waals surface area contributed by atoms with E-state index in [1.807, 2.05) is 5.43 Å². The van der Waals surface area contributed by atoms with E-state index in [0.29, 0.717) is 0 Å². The van der Waals surface area contributed by atoms with Gasteiger partial charge in [0.25, 0.3) is 0 Å². The van der Waals surface area contributed by atoms with Gasteiger partial charge in [0.05, 0.1) is 4.92 Å². The maximum absolute atomic E-state index is 11.1. The van der Waals surface area contributed by atoms with Crippen molar-refractivity contribution in [2.45, 2.75) is 5.66 Å². The number of nitro groups is 1. The number of halogens is 1. The number of hydrogen-bond acceptors (Lipinski definition) is 4. The molecule has 8 nitrogen and oxygen atoms in total. The highest BCUT2D eigenvalue weighted by atomic mass is 35.5. The van der Waals surface area contributed by atoms with Crippen LogP contribution in [-0.2, 0) is 4.79 Å². The fourth-order valence-corrected chi connectivity index (χ4v) is 1.54. The molecule has 16 heavy (non-hydrogen) atoms. The number of allylic oxidation sites excluding steroid dienone is 2. The molecule has 84 valence electrons. The van der Waals surface area contributed by atoms with Gasteiger partial charge < -0.3 is 0 Å². The fraction of sp³-hybridized carbons (Fsp3) is 0.286. The van der Waals surface area contributed by atoms with Crippen molar-refractivity contribution in [3.05, 3.63) is 44.9 Å². The van der Waals surface area contributed by atoms with Crippen LogP contribution in [0.5, 0.6) is 0 Å². The molecule has 1 N–H and O–H groups in total. The third kappa shape index (κ3) is 1.97. The molecule has 1 aliphatic rings. The van der Waals surface area contributed by atoms with Gasteiger partial charge in [-0.05, 0) is 16.8 Å². The van der Waals surface area contributed by atoms with Gasteiger partial charge in [-0.15, -0.1) is 5.53 Å². The molecule has 0 saturated carbocycles. The van der Waals surface area contributed by atoms with Crippen LogP contribution in [0.2, 0.25) is 0 Å². The average Bonchev–Trinajstić information content (AvgIpc) is 2.26. The Kier molecular flexibility index (Phi) is 3.49. The molecule has 0 bridgehead atoms. The smallest absolute Gasteiger partial charge is 0.280 e. The predicted octanol–water partition coefficient (Wildman–Crippen LogP) is 1.28. The van der Waals surface area contributed by atoms with E-state index in [2.05, 4.69) is 10.1 Å². The predicted molar refractivity (Wildman–Crippen MR) is 54.6 cm³/mol. The standard InChI is InChI=1S/C7H6ClN5O3/c8-6(14)5-3-1-2-4-7(5,13(15)16)10-12-11-9/h1-5,10H. The summed E-state index contributed by atoms with van der Waals surface area (Å²) in [4.78, 5) is 23.6. The zero-order chi connectivity index (χ0) is 12.2. The van der Waals surface area contributed by atoms with Gasteiger partial charge in [0.15, 0.2) is 5.92 Å². The molecule has 0 spiro atoms.